The van der Waals surface area contributed by atoms with Gasteiger partial charge in [0.25, 0.3) is 5.91 Å². The number of amidine groups is 1. The summed E-state index contributed by atoms with van der Waals surface area (Å²) >= 11 is 1.26. The van der Waals surface area contributed by atoms with Crippen LogP contribution in [0.1, 0.15) is 5.56 Å². The lowest BCUT2D eigenvalue weighted by molar-refractivity contribution is -0.122. The van der Waals surface area contributed by atoms with Crippen LogP contribution in [-0.2, 0) is 16.1 Å². The number of ether oxygens (including phenoxy) is 2. The molecule has 2 heterocycles. The Bertz CT molecular complexity index is 1070. The fourth-order valence-corrected chi connectivity index (χ4v) is 4.05. The third-order valence-electron chi connectivity index (χ3n) is 4.92. The molecule has 9 nitrogen and oxygen atoms in total. The van der Waals surface area contributed by atoms with Crippen molar-refractivity contribution in [2.45, 2.75) is 12.7 Å². The first-order chi connectivity index (χ1) is 15.6. The van der Waals surface area contributed by atoms with E-state index in [0.29, 0.717) is 23.1 Å². The van der Waals surface area contributed by atoms with Crippen LogP contribution in [0, 0.1) is 0 Å². The van der Waals surface area contributed by atoms with Crippen molar-refractivity contribution in [2.24, 2.45) is 5.10 Å². The van der Waals surface area contributed by atoms with Gasteiger partial charge in [0.15, 0.2) is 5.17 Å². The second-order valence-electron chi connectivity index (χ2n) is 6.96. The van der Waals surface area contributed by atoms with E-state index >= 15 is 0 Å². The number of amides is 2. The van der Waals surface area contributed by atoms with Gasteiger partial charge in [0.1, 0.15) is 11.5 Å². The van der Waals surface area contributed by atoms with Crippen LogP contribution in [0.4, 0.5) is 5.69 Å². The summed E-state index contributed by atoms with van der Waals surface area (Å²) in [6, 6.07) is 14.8. The highest BCUT2D eigenvalue weighted by Crippen LogP contribution is 2.27. The van der Waals surface area contributed by atoms with E-state index in [1.807, 2.05) is 42.5 Å². The Morgan fingerprint density at radius 1 is 1.12 bits per heavy atom. The largest absolute Gasteiger partial charge is 0.497 e. The quantitative estimate of drug-likeness (QED) is 0.663. The van der Waals surface area contributed by atoms with Gasteiger partial charge in [-0.1, -0.05) is 30.0 Å². The van der Waals surface area contributed by atoms with Crippen LogP contribution in [0.25, 0.3) is 0 Å². The molecule has 2 aromatic carbocycles. The third kappa shape index (κ3) is 4.65. The van der Waals surface area contributed by atoms with Crippen molar-refractivity contribution in [1.82, 2.24) is 15.6 Å². The Labute approximate surface area is 190 Å². The Balaban J connectivity index is 1.32. The molecule has 166 valence electrons. The van der Waals surface area contributed by atoms with Crippen molar-refractivity contribution in [1.29, 1.82) is 0 Å². The maximum absolute atomic E-state index is 13.0. The van der Waals surface area contributed by atoms with Crippen molar-refractivity contribution < 1.29 is 19.1 Å². The Kier molecular flexibility index (Phi) is 6.50. The zero-order valence-corrected chi connectivity index (χ0v) is 18.5. The van der Waals surface area contributed by atoms with Crippen LogP contribution in [0.2, 0.25) is 0 Å². The number of carbonyl (C=O) groups excluding carboxylic acids is 2. The Hall–Kier alpha value is -3.66. The number of nitrogens with one attached hydrogen (secondary N) is 2. The number of fused-ring (bicyclic) bond motifs is 1. The molecule has 0 bridgehead atoms. The zero-order valence-electron chi connectivity index (χ0n) is 17.6. The van der Waals surface area contributed by atoms with E-state index in [1.165, 1.54) is 11.8 Å². The number of rotatable bonds is 7. The number of methoxy groups -OCH3 is 2. The molecular weight excluding hydrogens is 430 g/mol. The molecule has 0 aromatic heterocycles. The van der Waals surface area contributed by atoms with E-state index in [1.54, 1.807) is 42.5 Å². The van der Waals surface area contributed by atoms with Crippen LogP contribution in [0.5, 0.6) is 11.5 Å². The van der Waals surface area contributed by atoms with Gasteiger partial charge in [-0.2, -0.15) is 5.10 Å². The molecule has 0 aliphatic carbocycles. The molecule has 0 saturated heterocycles. The number of benzene rings is 2. The minimum absolute atomic E-state index is 0.130. The number of nitrogens with zero attached hydrogens (tertiary/aromatic N) is 3. The van der Waals surface area contributed by atoms with Gasteiger partial charge >= 0.3 is 0 Å². The standard InChI is InChI=1S/C22H23N5O4S/c1-30-17-7-3-5-15(11-17)13-23-19(28)14-32-22-25-24-20-21(29)26(9-10-27(20)22)16-6-4-8-18(12-16)31-2/h3-12,20,24H,13-14H2,1-2H3,(H,23,28). The van der Waals surface area contributed by atoms with E-state index in [-0.39, 0.29) is 17.6 Å². The lowest BCUT2D eigenvalue weighted by Gasteiger charge is -2.32. The molecule has 2 N–H and O–H groups in total. The van der Waals surface area contributed by atoms with Crippen molar-refractivity contribution >= 4 is 34.4 Å². The minimum Gasteiger partial charge on any atom is -0.497 e. The first-order valence-corrected chi connectivity index (χ1v) is 10.9. The summed E-state index contributed by atoms with van der Waals surface area (Å²) in [5.41, 5.74) is 4.50. The van der Waals surface area contributed by atoms with Gasteiger partial charge in [0.2, 0.25) is 12.1 Å². The fourth-order valence-electron chi connectivity index (χ4n) is 3.26. The molecule has 2 aliphatic rings. The lowest BCUT2D eigenvalue weighted by Crippen LogP contribution is -2.52. The van der Waals surface area contributed by atoms with Crippen molar-refractivity contribution in [2.75, 3.05) is 24.9 Å². The van der Waals surface area contributed by atoms with E-state index in [9.17, 15) is 9.59 Å². The van der Waals surface area contributed by atoms with Crippen LogP contribution < -0.4 is 25.1 Å². The highest BCUT2D eigenvalue weighted by atomic mass is 32.2. The molecule has 0 radical (unpaired) electrons. The highest BCUT2D eigenvalue weighted by molar-refractivity contribution is 8.14. The molecule has 0 spiro atoms. The summed E-state index contributed by atoms with van der Waals surface area (Å²) in [6.45, 7) is 0.404. The summed E-state index contributed by atoms with van der Waals surface area (Å²) in [4.78, 5) is 28.5. The Morgan fingerprint density at radius 3 is 2.66 bits per heavy atom. The molecule has 2 aromatic rings. The van der Waals surface area contributed by atoms with E-state index < -0.39 is 6.17 Å². The predicted molar refractivity (Wildman–Crippen MR) is 123 cm³/mol. The van der Waals surface area contributed by atoms with Crippen LogP contribution >= 0.6 is 11.8 Å². The summed E-state index contributed by atoms with van der Waals surface area (Å²) in [5.74, 6) is 1.28. The third-order valence-corrected chi connectivity index (χ3v) is 5.88. The maximum Gasteiger partial charge on any atom is 0.276 e. The number of hydrogen-bond acceptors (Lipinski definition) is 8. The summed E-state index contributed by atoms with van der Waals surface area (Å²) < 4.78 is 10.4. The number of carbonyl (C=O) groups is 2. The average Bonchev–Trinajstić information content (AvgIpc) is 3.25. The van der Waals surface area contributed by atoms with Gasteiger partial charge in [0.05, 0.1) is 25.7 Å². The molecule has 2 aliphatic heterocycles. The number of anilines is 1. The average molecular weight is 454 g/mol. The van der Waals surface area contributed by atoms with Crippen molar-refractivity contribution in [3.63, 3.8) is 0 Å². The molecule has 10 heteroatoms. The molecule has 1 unspecified atom stereocenters. The molecule has 0 fully saturated rings. The zero-order chi connectivity index (χ0) is 22.5. The molecular formula is C22H23N5O4S. The monoisotopic (exact) mass is 453 g/mol. The van der Waals surface area contributed by atoms with Crippen LogP contribution in [0.3, 0.4) is 0 Å². The van der Waals surface area contributed by atoms with E-state index in [4.69, 9.17) is 9.47 Å². The van der Waals surface area contributed by atoms with Gasteiger partial charge in [-0.3, -0.25) is 24.8 Å². The smallest absolute Gasteiger partial charge is 0.276 e. The lowest BCUT2D eigenvalue weighted by atomic mass is 10.2. The number of thioether (sulfide) groups is 1. The van der Waals surface area contributed by atoms with Crippen LogP contribution in [0.15, 0.2) is 66.0 Å². The fraction of sp³-hybridized carbons (Fsp3) is 0.227. The topological polar surface area (TPSA) is 95.5 Å². The minimum atomic E-state index is -0.659. The maximum atomic E-state index is 13.0. The van der Waals surface area contributed by atoms with Gasteiger partial charge in [-0.15, -0.1) is 0 Å². The number of hydrazone groups is 1. The second kappa shape index (κ2) is 9.65. The normalized spacial score (nSPS) is 16.9. The van der Waals surface area contributed by atoms with E-state index in [0.717, 1.165) is 11.3 Å². The van der Waals surface area contributed by atoms with Crippen molar-refractivity contribution in [3.05, 3.63) is 66.5 Å². The number of hydrogen-bond donors (Lipinski definition) is 2. The molecule has 32 heavy (non-hydrogen) atoms. The highest BCUT2D eigenvalue weighted by Gasteiger charge is 2.38. The predicted octanol–water partition coefficient (Wildman–Crippen LogP) is 2.07. The summed E-state index contributed by atoms with van der Waals surface area (Å²) in [6.07, 6.45) is 2.79. The van der Waals surface area contributed by atoms with E-state index in [2.05, 4.69) is 15.8 Å². The Morgan fingerprint density at radius 2 is 1.88 bits per heavy atom. The molecule has 1 atom stereocenters. The summed E-state index contributed by atoms with van der Waals surface area (Å²) in [7, 11) is 3.19. The SMILES string of the molecule is COc1cccc(CNC(=O)CSC2=NNC3C(=O)N(c4cccc(OC)c4)C=CN23)c1. The first kappa shape index (κ1) is 21.6. The van der Waals surface area contributed by atoms with Gasteiger partial charge in [-0.05, 0) is 29.8 Å². The second-order valence-corrected chi connectivity index (χ2v) is 7.90. The van der Waals surface area contributed by atoms with Crippen molar-refractivity contribution in [3.8, 4) is 11.5 Å². The summed E-state index contributed by atoms with van der Waals surface area (Å²) in [5, 5.41) is 7.68. The van der Waals surface area contributed by atoms with Gasteiger partial charge in [-0.25, -0.2) is 0 Å². The van der Waals surface area contributed by atoms with Gasteiger partial charge in [0, 0.05) is 25.0 Å². The van der Waals surface area contributed by atoms with Crippen LogP contribution in [-0.4, -0.2) is 48.0 Å². The molecule has 2 amide bonds. The van der Waals surface area contributed by atoms with Gasteiger partial charge < -0.3 is 14.8 Å². The first-order valence-electron chi connectivity index (χ1n) is 9.88. The molecule has 0 saturated carbocycles. The molecule has 4 rings (SSSR count).